The summed E-state index contributed by atoms with van der Waals surface area (Å²) >= 11 is 5.30. The van der Waals surface area contributed by atoms with Gasteiger partial charge in [-0.3, -0.25) is 4.79 Å². The molecule has 1 atom stereocenters. The third-order valence-electron chi connectivity index (χ3n) is 4.23. The van der Waals surface area contributed by atoms with Gasteiger partial charge >= 0.3 is 0 Å². The molecule has 0 aromatic carbocycles. The number of amides is 1. The highest BCUT2D eigenvalue weighted by molar-refractivity contribution is 9.09. The molecule has 1 unspecified atom stereocenters. The van der Waals surface area contributed by atoms with Gasteiger partial charge in [0.2, 0.25) is 0 Å². The quantitative estimate of drug-likeness (QED) is 0.747. The number of carbonyl (C=O) groups excluding carboxylic acids is 1. The van der Waals surface area contributed by atoms with Crippen molar-refractivity contribution in [1.29, 1.82) is 0 Å². The van der Waals surface area contributed by atoms with Gasteiger partial charge in [0.05, 0.1) is 4.88 Å². The number of carbonyl (C=O) groups is 1. The number of nitrogens with zero attached hydrogens (tertiary/aromatic N) is 1. The van der Waals surface area contributed by atoms with Crippen LogP contribution in [-0.2, 0) is 12.8 Å². The number of fused-ring (bicyclic) bond motifs is 1. The van der Waals surface area contributed by atoms with Gasteiger partial charge in [0, 0.05) is 23.3 Å². The summed E-state index contributed by atoms with van der Waals surface area (Å²) in [6.45, 7) is 1.86. The maximum atomic E-state index is 12.6. The molecule has 4 heteroatoms. The molecule has 0 spiro atoms. The molecule has 19 heavy (non-hydrogen) atoms. The van der Waals surface area contributed by atoms with E-state index in [1.54, 1.807) is 11.3 Å². The molecule has 0 N–H and O–H groups in total. The smallest absolute Gasteiger partial charge is 0.263 e. The molecule has 2 aliphatic rings. The lowest BCUT2D eigenvalue weighted by Gasteiger charge is -2.31. The van der Waals surface area contributed by atoms with Crippen molar-refractivity contribution in [3.8, 4) is 0 Å². The van der Waals surface area contributed by atoms with Crippen molar-refractivity contribution < 1.29 is 4.79 Å². The van der Waals surface area contributed by atoms with Gasteiger partial charge in [-0.1, -0.05) is 15.9 Å². The van der Waals surface area contributed by atoms with E-state index in [0.717, 1.165) is 29.7 Å². The zero-order valence-electron chi connectivity index (χ0n) is 11.2. The number of aryl methyl sites for hydroxylation is 2. The van der Waals surface area contributed by atoms with Gasteiger partial charge in [0.15, 0.2) is 0 Å². The number of thiophene rings is 1. The van der Waals surface area contributed by atoms with Crippen LogP contribution in [-0.4, -0.2) is 29.2 Å². The minimum atomic E-state index is 0.269. The summed E-state index contributed by atoms with van der Waals surface area (Å²) in [6, 6.07) is 2.17. The zero-order valence-corrected chi connectivity index (χ0v) is 13.6. The Labute approximate surface area is 127 Å². The van der Waals surface area contributed by atoms with Crippen LogP contribution in [0.25, 0.3) is 0 Å². The molecule has 1 aromatic heterocycles. The molecule has 1 saturated heterocycles. The summed E-state index contributed by atoms with van der Waals surface area (Å²) in [5.74, 6) is 0.900. The van der Waals surface area contributed by atoms with Crippen molar-refractivity contribution in [2.75, 3.05) is 18.4 Å². The molecule has 0 saturated carbocycles. The maximum Gasteiger partial charge on any atom is 0.263 e. The Morgan fingerprint density at radius 3 is 3.00 bits per heavy atom. The van der Waals surface area contributed by atoms with Crippen molar-refractivity contribution in [2.24, 2.45) is 5.92 Å². The summed E-state index contributed by atoms with van der Waals surface area (Å²) in [7, 11) is 0. The van der Waals surface area contributed by atoms with E-state index in [4.69, 9.17) is 0 Å². The number of rotatable bonds is 2. The Morgan fingerprint density at radius 1 is 1.37 bits per heavy atom. The predicted molar refractivity (Wildman–Crippen MR) is 83.4 cm³/mol. The van der Waals surface area contributed by atoms with Crippen molar-refractivity contribution in [1.82, 2.24) is 4.90 Å². The van der Waals surface area contributed by atoms with E-state index >= 15 is 0 Å². The number of hydrogen-bond donors (Lipinski definition) is 0. The molecule has 1 aliphatic carbocycles. The molecular weight excluding hydrogens is 322 g/mol. The zero-order chi connectivity index (χ0) is 13.2. The molecule has 1 fully saturated rings. The normalized spacial score (nSPS) is 23.2. The van der Waals surface area contributed by atoms with E-state index in [0.29, 0.717) is 5.92 Å². The molecule has 2 nitrogen and oxygen atoms in total. The van der Waals surface area contributed by atoms with Crippen LogP contribution in [0.2, 0.25) is 0 Å². The van der Waals surface area contributed by atoms with Gasteiger partial charge in [-0.15, -0.1) is 11.3 Å². The Balaban J connectivity index is 1.74. The van der Waals surface area contributed by atoms with E-state index in [1.807, 2.05) is 0 Å². The van der Waals surface area contributed by atoms with Gasteiger partial charge in [-0.2, -0.15) is 0 Å². The second-order valence-corrected chi connectivity index (χ2v) is 7.46. The first kappa shape index (κ1) is 13.6. The van der Waals surface area contributed by atoms with Crippen molar-refractivity contribution in [3.63, 3.8) is 0 Å². The molecule has 2 heterocycles. The third kappa shape index (κ3) is 2.89. The standard InChI is InChI=1S/C15H20BrNOS/c16-9-11-4-3-7-17(10-11)15(18)14-8-12-5-1-2-6-13(12)19-14/h8,11H,1-7,9-10H2. The topological polar surface area (TPSA) is 20.3 Å². The van der Waals surface area contributed by atoms with Crippen LogP contribution in [0.5, 0.6) is 0 Å². The lowest BCUT2D eigenvalue weighted by molar-refractivity contribution is 0.0691. The number of alkyl halides is 1. The fourth-order valence-electron chi connectivity index (χ4n) is 3.13. The lowest BCUT2D eigenvalue weighted by atomic mass is 9.98. The van der Waals surface area contributed by atoms with Crippen LogP contribution in [0.3, 0.4) is 0 Å². The Hall–Kier alpha value is -0.350. The van der Waals surface area contributed by atoms with Crippen molar-refractivity contribution >= 4 is 33.2 Å². The van der Waals surface area contributed by atoms with Crippen molar-refractivity contribution in [2.45, 2.75) is 38.5 Å². The van der Waals surface area contributed by atoms with Crippen molar-refractivity contribution in [3.05, 3.63) is 21.4 Å². The second kappa shape index (κ2) is 5.96. The van der Waals surface area contributed by atoms with Gasteiger partial charge < -0.3 is 4.90 Å². The number of likely N-dealkylation sites (tertiary alicyclic amines) is 1. The van der Waals surface area contributed by atoms with Gasteiger partial charge in [0.1, 0.15) is 0 Å². The van der Waals surface area contributed by atoms with E-state index in [2.05, 4.69) is 26.9 Å². The van der Waals surface area contributed by atoms with Crippen LogP contribution in [0.4, 0.5) is 0 Å². The van der Waals surface area contributed by atoms with E-state index in [9.17, 15) is 4.79 Å². The predicted octanol–water partition coefficient (Wildman–Crippen LogP) is 3.87. The Morgan fingerprint density at radius 2 is 2.21 bits per heavy atom. The second-order valence-electron chi connectivity index (χ2n) is 5.68. The molecule has 0 bridgehead atoms. The average molecular weight is 342 g/mol. The van der Waals surface area contributed by atoms with E-state index < -0.39 is 0 Å². The van der Waals surface area contributed by atoms with Gasteiger partial charge in [0.25, 0.3) is 5.91 Å². The summed E-state index contributed by atoms with van der Waals surface area (Å²) in [4.78, 5) is 17.1. The van der Waals surface area contributed by atoms with Crippen LogP contribution in [0.1, 0.15) is 45.8 Å². The molecule has 3 rings (SSSR count). The summed E-state index contributed by atoms with van der Waals surface area (Å²) < 4.78 is 0. The highest BCUT2D eigenvalue weighted by Crippen LogP contribution is 2.31. The Bertz CT molecular complexity index is 447. The summed E-state index contributed by atoms with van der Waals surface area (Å²) in [6.07, 6.45) is 7.31. The Kier molecular flexibility index (Phi) is 4.27. The highest BCUT2D eigenvalue weighted by atomic mass is 79.9. The molecule has 1 aromatic rings. The fraction of sp³-hybridized carbons (Fsp3) is 0.667. The van der Waals surface area contributed by atoms with Gasteiger partial charge in [-0.25, -0.2) is 0 Å². The van der Waals surface area contributed by atoms with Gasteiger partial charge in [-0.05, 0) is 56.1 Å². The van der Waals surface area contributed by atoms with Crippen LogP contribution >= 0.6 is 27.3 Å². The number of hydrogen-bond acceptors (Lipinski definition) is 2. The van der Waals surface area contributed by atoms with E-state index in [-0.39, 0.29) is 5.91 Å². The largest absolute Gasteiger partial charge is 0.338 e. The molecule has 104 valence electrons. The minimum Gasteiger partial charge on any atom is -0.338 e. The highest BCUT2D eigenvalue weighted by Gasteiger charge is 2.26. The van der Waals surface area contributed by atoms with E-state index in [1.165, 1.54) is 42.5 Å². The maximum absolute atomic E-state index is 12.6. The SMILES string of the molecule is O=C(c1cc2c(s1)CCCC2)N1CCCC(CBr)C1. The fourth-order valence-corrected chi connectivity index (χ4v) is 4.88. The molecular formula is C15H20BrNOS. The van der Waals surface area contributed by atoms with Crippen LogP contribution < -0.4 is 0 Å². The molecule has 1 amide bonds. The molecule has 1 aliphatic heterocycles. The molecule has 0 radical (unpaired) electrons. The number of piperidine rings is 1. The monoisotopic (exact) mass is 341 g/mol. The summed E-state index contributed by atoms with van der Waals surface area (Å²) in [5.41, 5.74) is 1.44. The average Bonchev–Trinajstić information content (AvgIpc) is 2.90. The lowest BCUT2D eigenvalue weighted by Crippen LogP contribution is -2.40. The number of halogens is 1. The van der Waals surface area contributed by atoms with Crippen LogP contribution in [0.15, 0.2) is 6.07 Å². The summed E-state index contributed by atoms with van der Waals surface area (Å²) in [5, 5.41) is 1.01. The van der Waals surface area contributed by atoms with Crippen LogP contribution in [0, 0.1) is 5.92 Å². The first-order chi connectivity index (χ1) is 9.28. The first-order valence-corrected chi connectivity index (χ1v) is 9.18. The minimum absolute atomic E-state index is 0.269. The third-order valence-corrected chi connectivity index (χ3v) is 6.37. The first-order valence-electron chi connectivity index (χ1n) is 7.24.